The maximum Gasteiger partial charge on any atom is 0.125 e. The Bertz CT molecular complexity index is 353. The van der Waals surface area contributed by atoms with Crippen LogP contribution in [0.4, 0.5) is 15.8 Å². The number of aliphatic hydroxyl groups excluding tert-OH is 1. The van der Waals surface area contributed by atoms with Crippen molar-refractivity contribution in [3.05, 3.63) is 24.0 Å². The molecule has 0 radical (unpaired) electrons. The van der Waals surface area contributed by atoms with Crippen LogP contribution < -0.4 is 11.1 Å². The van der Waals surface area contributed by atoms with Gasteiger partial charge in [-0.15, -0.1) is 0 Å². The molecule has 0 aliphatic heterocycles. The van der Waals surface area contributed by atoms with Crippen molar-refractivity contribution in [2.75, 3.05) is 17.6 Å². The first-order chi connectivity index (χ1) is 8.08. The first-order valence-electron chi connectivity index (χ1n) is 6.05. The van der Waals surface area contributed by atoms with Gasteiger partial charge in [0.2, 0.25) is 0 Å². The molecule has 0 aliphatic carbocycles. The van der Waals surface area contributed by atoms with Crippen LogP contribution in [0, 0.1) is 11.7 Å². The highest BCUT2D eigenvalue weighted by atomic mass is 19.1. The van der Waals surface area contributed by atoms with Gasteiger partial charge in [-0.1, -0.05) is 26.7 Å². The first kappa shape index (κ1) is 13.8. The predicted octanol–water partition coefficient (Wildman–Crippen LogP) is 2.62. The van der Waals surface area contributed by atoms with Crippen LogP contribution in [-0.2, 0) is 0 Å². The van der Waals surface area contributed by atoms with Crippen molar-refractivity contribution >= 4 is 11.4 Å². The zero-order valence-electron chi connectivity index (χ0n) is 10.4. The maximum absolute atomic E-state index is 12.8. The smallest absolute Gasteiger partial charge is 0.125 e. The third kappa shape index (κ3) is 3.89. The molecule has 4 N–H and O–H groups in total. The zero-order valence-corrected chi connectivity index (χ0v) is 10.4. The lowest BCUT2D eigenvalue weighted by atomic mass is 9.96. The lowest BCUT2D eigenvalue weighted by Gasteiger charge is -2.21. The van der Waals surface area contributed by atoms with Gasteiger partial charge in [0.1, 0.15) is 5.82 Å². The SMILES string of the molecule is CCC(CC)C(O)CNc1ccc(F)cc1N. The molecule has 4 heteroatoms. The summed E-state index contributed by atoms with van der Waals surface area (Å²) >= 11 is 0. The average Bonchev–Trinajstić information content (AvgIpc) is 2.29. The van der Waals surface area contributed by atoms with E-state index in [2.05, 4.69) is 19.2 Å². The highest BCUT2D eigenvalue weighted by Crippen LogP contribution is 2.20. The van der Waals surface area contributed by atoms with Gasteiger partial charge in [-0.25, -0.2) is 4.39 Å². The molecule has 0 saturated carbocycles. The standard InChI is InChI=1S/C13H21FN2O/c1-3-9(4-2)13(17)8-16-12-6-5-10(14)7-11(12)15/h5-7,9,13,16-17H,3-4,8,15H2,1-2H3. The van der Waals surface area contributed by atoms with Crippen LogP contribution in [0.1, 0.15) is 26.7 Å². The number of hydrogen-bond acceptors (Lipinski definition) is 3. The van der Waals surface area contributed by atoms with E-state index in [1.54, 1.807) is 6.07 Å². The van der Waals surface area contributed by atoms with E-state index in [1.807, 2.05) is 0 Å². The minimum absolute atomic E-state index is 0.282. The molecule has 0 aromatic heterocycles. The number of nitrogen functional groups attached to an aromatic ring is 1. The summed E-state index contributed by atoms with van der Waals surface area (Å²) in [6.45, 7) is 4.55. The number of hydrogen-bond donors (Lipinski definition) is 3. The van der Waals surface area contributed by atoms with Gasteiger partial charge in [0, 0.05) is 6.54 Å². The summed E-state index contributed by atoms with van der Waals surface area (Å²) in [4.78, 5) is 0. The second-order valence-corrected chi connectivity index (χ2v) is 4.26. The first-order valence-corrected chi connectivity index (χ1v) is 6.05. The van der Waals surface area contributed by atoms with Crippen LogP contribution in [0.2, 0.25) is 0 Å². The molecule has 0 amide bonds. The average molecular weight is 240 g/mol. The quantitative estimate of drug-likeness (QED) is 0.670. The predicted molar refractivity (Wildman–Crippen MR) is 69.4 cm³/mol. The van der Waals surface area contributed by atoms with E-state index in [1.165, 1.54) is 12.1 Å². The monoisotopic (exact) mass is 240 g/mol. The van der Waals surface area contributed by atoms with Gasteiger partial charge in [0.05, 0.1) is 17.5 Å². The van der Waals surface area contributed by atoms with E-state index in [-0.39, 0.29) is 11.7 Å². The molecular weight excluding hydrogens is 219 g/mol. The minimum Gasteiger partial charge on any atom is -0.397 e. The fourth-order valence-electron chi connectivity index (χ4n) is 1.91. The molecule has 0 aliphatic rings. The highest BCUT2D eigenvalue weighted by molar-refractivity contribution is 5.65. The lowest BCUT2D eigenvalue weighted by molar-refractivity contribution is 0.114. The van der Waals surface area contributed by atoms with Crippen LogP contribution in [0.15, 0.2) is 18.2 Å². The van der Waals surface area contributed by atoms with Gasteiger partial charge in [0.15, 0.2) is 0 Å². The summed E-state index contributed by atoms with van der Waals surface area (Å²) in [5, 5.41) is 13.0. The highest BCUT2D eigenvalue weighted by Gasteiger charge is 2.15. The van der Waals surface area contributed by atoms with E-state index in [9.17, 15) is 9.50 Å². The summed E-state index contributed by atoms with van der Waals surface area (Å²) in [6.07, 6.45) is 1.48. The molecule has 17 heavy (non-hydrogen) atoms. The molecule has 0 bridgehead atoms. The summed E-state index contributed by atoms with van der Waals surface area (Å²) in [7, 11) is 0. The van der Waals surface area contributed by atoms with Crippen molar-refractivity contribution < 1.29 is 9.50 Å². The van der Waals surface area contributed by atoms with E-state index < -0.39 is 6.10 Å². The number of aliphatic hydroxyl groups is 1. The van der Waals surface area contributed by atoms with Crippen molar-refractivity contribution in [1.29, 1.82) is 0 Å². The van der Waals surface area contributed by atoms with Crippen LogP contribution in [0.5, 0.6) is 0 Å². The molecule has 1 atom stereocenters. The van der Waals surface area contributed by atoms with Crippen molar-refractivity contribution in [2.24, 2.45) is 5.92 Å². The Kier molecular flexibility index (Phi) is 5.22. The molecule has 1 aromatic rings. The third-order valence-corrected chi connectivity index (χ3v) is 3.11. The van der Waals surface area contributed by atoms with Crippen LogP contribution >= 0.6 is 0 Å². The number of rotatable bonds is 6. The molecule has 0 fully saturated rings. The molecule has 1 unspecified atom stereocenters. The Hall–Kier alpha value is -1.29. The van der Waals surface area contributed by atoms with E-state index in [0.29, 0.717) is 17.9 Å². The number of nitrogens with one attached hydrogen (secondary N) is 1. The van der Waals surface area contributed by atoms with Gasteiger partial charge in [-0.2, -0.15) is 0 Å². The van der Waals surface area contributed by atoms with E-state index in [0.717, 1.165) is 12.8 Å². The van der Waals surface area contributed by atoms with Gasteiger partial charge in [0.25, 0.3) is 0 Å². The topological polar surface area (TPSA) is 58.3 Å². The van der Waals surface area contributed by atoms with E-state index in [4.69, 9.17) is 5.73 Å². The third-order valence-electron chi connectivity index (χ3n) is 3.11. The number of anilines is 2. The number of benzene rings is 1. The van der Waals surface area contributed by atoms with E-state index >= 15 is 0 Å². The van der Waals surface area contributed by atoms with Gasteiger partial charge >= 0.3 is 0 Å². The lowest BCUT2D eigenvalue weighted by Crippen LogP contribution is -2.27. The molecule has 96 valence electrons. The van der Waals surface area contributed by atoms with Crippen LogP contribution in [0.25, 0.3) is 0 Å². The maximum atomic E-state index is 12.8. The second kappa shape index (κ2) is 6.45. The van der Waals surface area contributed by atoms with Crippen molar-refractivity contribution in [2.45, 2.75) is 32.8 Å². The largest absolute Gasteiger partial charge is 0.397 e. The summed E-state index contributed by atoms with van der Waals surface area (Å²) < 4.78 is 12.8. The van der Waals surface area contributed by atoms with Crippen molar-refractivity contribution in [3.8, 4) is 0 Å². The van der Waals surface area contributed by atoms with Crippen molar-refractivity contribution in [3.63, 3.8) is 0 Å². The van der Waals surface area contributed by atoms with Crippen LogP contribution in [0.3, 0.4) is 0 Å². The fraction of sp³-hybridized carbons (Fsp3) is 0.538. The molecule has 1 aromatic carbocycles. The minimum atomic E-state index is -0.408. The molecule has 0 spiro atoms. The Balaban J connectivity index is 2.55. The Labute approximate surface area is 102 Å². The van der Waals surface area contributed by atoms with Crippen molar-refractivity contribution in [1.82, 2.24) is 0 Å². The van der Waals surface area contributed by atoms with Gasteiger partial charge in [-0.05, 0) is 24.1 Å². The second-order valence-electron chi connectivity index (χ2n) is 4.26. The fourth-order valence-corrected chi connectivity index (χ4v) is 1.91. The Morgan fingerprint density at radius 1 is 1.35 bits per heavy atom. The van der Waals surface area contributed by atoms with Gasteiger partial charge in [-0.3, -0.25) is 0 Å². The van der Waals surface area contributed by atoms with Gasteiger partial charge < -0.3 is 16.2 Å². The molecule has 1 rings (SSSR count). The normalized spacial score (nSPS) is 12.8. The summed E-state index contributed by atoms with van der Waals surface area (Å²) in [5.74, 6) is -0.0715. The molecular formula is C13H21FN2O. The summed E-state index contributed by atoms with van der Waals surface area (Å²) in [5.41, 5.74) is 6.69. The van der Waals surface area contributed by atoms with Crippen LogP contribution in [-0.4, -0.2) is 17.8 Å². The Morgan fingerprint density at radius 2 is 2.00 bits per heavy atom. The zero-order chi connectivity index (χ0) is 12.8. The number of halogens is 1. The Morgan fingerprint density at radius 3 is 2.53 bits per heavy atom. The molecule has 0 heterocycles. The number of nitrogens with two attached hydrogens (primary N) is 1. The summed E-state index contributed by atoms with van der Waals surface area (Å²) in [6, 6.07) is 4.21. The molecule has 0 saturated heterocycles. The molecule has 3 nitrogen and oxygen atoms in total.